The van der Waals surface area contributed by atoms with Crippen LogP contribution in [0.15, 0.2) is 146 Å². The lowest BCUT2D eigenvalue weighted by Crippen LogP contribution is -1.93. The Morgan fingerprint density at radius 2 is 1.19 bits per heavy atom. The van der Waals surface area contributed by atoms with Gasteiger partial charge in [-0.25, -0.2) is 0 Å². The highest BCUT2D eigenvalue weighted by Gasteiger charge is 2.20. The first-order valence-corrected chi connectivity index (χ1v) is 17.3. The Morgan fingerprint density at radius 1 is 0.468 bits per heavy atom. The summed E-state index contributed by atoms with van der Waals surface area (Å²) in [5.41, 5.74) is 8.95. The Balaban J connectivity index is 1.25. The van der Waals surface area contributed by atoms with Gasteiger partial charge in [-0.2, -0.15) is 5.26 Å². The van der Waals surface area contributed by atoms with E-state index >= 15 is 0 Å². The van der Waals surface area contributed by atoms with Crippen LogP contribution in [0.3, 0.4) is 0 Å². The molecule has 0 saturated carbocycles. The van der Waals surface area contributed by atoms with E-state index in [-0.39, 0.29) is 0 Å². The van der Waals surface area contributed by atoms with Crippen LogP contribution in [-0.4, -0.2) is 4.57 Å². The maximum atomic E-state index is 10.3. The molecule has 0 atom stereocenters. The molecule has 0 unspecified atom stereocenters. The summed E-state index contributed by atoms with van der Waals surface area (Å²) in [4.78, 5) is 0. The lowest BCUT2D eigenvalue weighted by Gasteiger charge is -2.10. The zero-order valence-electron chi connectivity index (χ0n) is 25.1. The van der Waals surface area contributed by atoms with Gasteiger partial charge in [-0.3, -0.25) is 0 Å². The van der Waals surface area contributed by atoms with Gasteiger partial charge in [-0.1, -0.05) is 97.1 Å². The second-order valence-corrected chi connectivity index (χ2v) is 14.1. The number of aromatic nitrogens is 1. The van der Waals surface area contributed by atoms with Gasteiger partial charge in [-0.15, -0.1) is 22.7 Å². The smallest absolute Gasteiger partial charge is 0.101 e. The number of nitriles is 1. The zero-order chi connectivity index (χ0) is 31.1. The van der Waals surface area contributed by atoms with Crippen molar-refractivity contribution in [2.75, 3.05) is 0 Å². The van der Waals surface area contributed by atoms with Crippen LogP contribution in [0.1, 0.15) is 5.56 Å². The standard InChI is InChI=1S/C43H24N2S2/c44-25-29-17-20-30(28-19-22-40-35(24-28)32-12-5-7-16-39(32)46-40)41-33-13-8-15-38(43(33)47-42(29)41)45-36-14-6-4-11-31(36)34-23-27(18-21-37(34)45)26-9-2-1-3-10-26/h1-24H. The molecule has 2 nitrogen and oxygen atoms in total. The van der Waals surface area contributed by atoms with Gasteiger partial charge in [0, 0.05) is 41.7 Å². The van der Waals surface area contributed by atoms with E-state index in [0.717, 1.165) is 21.3 Å². The summed E-state index contributed by atoms with van der Waals surface area (Å²) in [6.45, 7) is 0. The maximum absolute atomic E-state index is 10.3. The molecule has 0 saturated heterocycles. The minimum absolute atomic E-state index is 0.715. The molecule has 7 aromatic carbocycles. The highest BCUT2D eigenvalue weighted by molar-refractivity contribution is 7.26. The molecule has 0 fully saturated rings. The average molecular weight is 633 g/mol. The summed E-state index contributed by atoms with van der Waals surface area (Å²) in [5.74, 6) is 0. The summed E-state index contributed by atoms with van der Waals surface area (Å²) in [7, 11) is 0. The zero-order valence-corrected chi connectivity index (χ0v) is 26.7. The topological polar surface area (TPSA) is 28.7 Å². The molecule has 218 valence electrons. The third-order valence-corrected chi connectivity index (χ3v) is 11.9. The molecule has 0 N–H and O–H groups in total. The molecular weight excluding hydrogens is 609 g/mol. The number of nitrogens with zero attached hydrogens (tertiary/aromatic N) is 2. The highest BCUT2D eigenvalue weighted by atomic mass is 32.1. The predicted molar refractivity (Wildman–Crippen MR) is 202 cm³/mol. The number of rotatable bonds is 3. The number of hydrogen-bond acceptors (Lipinski definition) is 3. The van der Waals surface area contributed by atoms with Crippen molar-refractivity contribution >= 4 is 84.8 Å². The fourth-order valence-electron chi connectivity index (χ4n) is 7.33. The van der Waals surface area contributed by atoms with Crippen LogP contribution in [0.25, 0.3) is 90.1 Å². The normalized spacial score (nSPS) is 11.8. The van der Waals surface area contributed by atoms with E-state index in [1.54, 1.807) is 11.3 Å². The third-order valence-electron chi connectivity index (χ3n) is 9.45. The van der Waals surface area contributed by atoms with Crippen molar-refractivity contribution in [3.63, 3.8) is 0 Å². The third kappa shape index (κ3) is 3.88. The summed E-state index contributed by atoms with van der Waals surface area (Å²) in [6, 6.07) is 54.8. The first-order chi connectivity index (χ1) is 23.3. The van der Waals surface area contributed by atoms with Gasteiger partial charge in [0.15, 0.2) is 0 Å². The molecule has 10 aromatic rings. The lowest BCUT2D eigenvalue weighted by molar-refractivity contribution is 1.20. The molecule has 0 aliphatic carbocycles. The molecule has 47 heavy (non-hydrogen) atoms. The Bertz CT molecular complexity index is 2920. The van der Waals surface area contributed by atoms with Crippen LogP contribution in [0, 0.1) is 11.3 Å². The first-order valence-electron chi connectivity index (χ1n) is 15.7. The van der Waals surface area contributed by atoms with E-state index in [0.29, 0.717) is 5.56 Å². The van der Waals surface area contributed by atoms with E-state index in [1.807, 2.05) is 17.4 Å². The summed E-state index contributed by atoms with van der Waals surface area (Å²) < 4.78 is 7.22. The molecule has 0 aliphatic rings. The minimum Gasteiger partial charge on any atom is -0.308 e. The molecule has 0 aliphatic heterocycles. The SMILES string of the molecule is N#Cc1ccc(-c2ccc3sc4ccccc4c3c2)c2c1sc1c(-n3c4ccccc4c4cc(-c5ccccc5)ccc43)cccc12. The van der Waals surface area contributed by atoms with Gasteiger partial charge in [0.1, 0.15) is 6.07 Å². The van der Waals surface area contributed by atoms with Crippen LogP contribution < -0.4 is 0 Å². The van der Waals surface area contributed by atoms with Crippen molar-refractivity contribution in [1.29, 1.82) is 5.26 Å². The largest absolute Gasteiger partial charge is 0.308 e. The van der Waals surface area contributed by atoms with Gasteiger partial charge in [0.25, 0.3) is 0 Å². The molecule has 4 heteroatoms. The Morgan fingerprint density at radius 3 is 2.09 bits per heavy atom. The van der Waals surface area contributed by atoms with Gasteiger partial charge >= 0.3 is 0 Å². The maximum Gasteiger partial charge on any atom is 0.101 e. The first kappa shape index (κ1) is 26.5. The molecular formula is C43H24N2S2. The van der Waals surface area contributed by atoms with Crippen LogP contribution in [0.5, 0.6) is 0 Å². The quantitative estimate of drug-likeness (QED) is 0.190. The van der Waals surface area contributed by atoms with Crippen molar-refractivity contribution in [3.05, 3.63) is 151 Å². The summed E-state index contributed by atoms with van der Waals surface area (Å²) in [6.07, 6.45) is 0. The molecule has 3 aromatic heterocycles. The molecule has 0 radical (unpaired) electrons. The number of thiophene rings is 2. The van der Waals surface area contributed by atoms with Crippen LogP contribution in [-0.2, 0) is 0 Å². The Kier molecular flexibility index (Phi) is 5.71. The van der Waals surface area contributed by atoms with Gasteiger partial charge < -0.3 is 4.57 Å². The Hall–Kier alpha value is -5.73. The number of para-hydroxylation sites is 1. The molecule has 0 amide bonds. The number of fused-ring (bicyclic) bond motifs is 9. The molecule has 10 rings (SSSR count). The van der Waals surface area contributed by atoms with E-state index < -0.39 is 0 Å². The van der Waals surface area contributed by atoms with Crippen molar-refractivity contribution in [2.24, 2.45) is 0 Å². The lowest BCUT2D eigenvalue weighted by atomic mass is 9.96. The van der Waals surface area contributed by atoms with Gasteiger partial charge in [-0.05, 0) is 70.8 Å². The summed E-state index contributed by atoms with van der Waals surface area (Å²) >= 11 is 3.57. The predicted octanol–water partition coefficient (Wildman–Crippen LogP) is 12.7. The van der Waals surface area contributed by atoms with Crippen LogP contribution in [0.2, 0.25) is 0 Å². The van der Waals surface area contributed by atoms with E-state index in [4.69, 9.17) is 0 Å². The monoisotopic (exact) mass is 632 g/mol. The average Bonchev–Trinajstić information content (AvgIpc) is 3.81. The van der Waals surface area contributed by atoms with Crippen molar-refractivity contribution < 1.29 is 0 Å². The molecule has 0 bridgehead atoms. The van der Waals surface area contributed by atoms with Crippen LogP contribution >= 0.6 is 22.7 Å². The van der Waals surface area contributed by atoms with E-state index in [1.165, 1.54) is 68.8 Å². The van der Waals surface area contributed by atoms with Crippen molar-refractivity contribution in [2.45, 2.75) is 0 Å². The molecule has 3 heterocycles. The minimum atomic E-state index is 0.715. The number of hydrogen-bond donors (Lipinski definition) is 0. The van der Waals surface area contributed by atoms with Crippen molar-refractivity contribution in [3.8, 4) is 34.0 Å². The van der Waals surface area contributed by atoms with Gasteiger partial charge in [0.2, 0.25) is 0 Å². The number of benzene rings is 7. The summed E-state index contributed by atoms with van der Waals surface area (Å²) in [5, 5.41) is 17.6. The van der Waals surface area contributed by atoms with E-state index in [2.05, 4.69) is 150 Å². The van der Waals surface area contributed by atoms with Crippen LogP contribution in [0.4, 0.5) is 0 Å². The fraction of sp³-hybridized carbons (Fsp3) is 0. The fourth-order valence-corrected chi connectivity index (χ4v) is 9.71. The van der Waals surface area contributed by atoms with Crippen molar-refractivity contribution in [1.82, 2.24) is 4.57 Å². The second kappa shape index (κ2) is 10.1. The molecule has 0 spiro atoms. The second-order valence-electron chi connectivity index (χ2n) is 12.0. The highest BCUT2D eigenvalue weighted by Crippen LogP contribution is 2.46. The van der Waals surface area contributed by atoms with Gasteiger partial charge in [0.05, 0.1) is 31.7 Å². The Labute approximate surface area is 278 Å². The van der Waals surface area contributed by atoms with E-state index in [9.17, 15) is 5.26 Å².